The largest absolute Gasteiger partial charge is 0.573 e. The van der Waals surface area contributed by atoms with Crippen LogP contribution >= 0.6 is 11.8 Å². The van der Waals surface area contributed by atoms with Gasteiger partial charge in [0.1, 0.15) is 12.1 Å². The Balaban J connectivity index is 1.07. The second-order valence-corrected chi connectivity index (χ2v) is 12.9. The number of alkyl halides is 3. The van der Waals surface area contributed by atoms with Crippen molar-refractivity contribution in [1.29, 1.82) is 0 Å². The highest BCUT2D eigenvalue weighted by molar-refractivity contribution is 8.01. The summed E-state index contributed by atoms with van der Waals surface area (Å²) in [6, 6.07) is 18.9. The van der Waals surface area contributed by atoms with Crippen molar-refractivity contribution in [1.82, 2.24) is 19.7 Å². The highest BCUT2D eigenvalue weighted by Crippen LogP contribution is 2.53. The lowest BCUT2D eigenvalue weighted by atomic mass is 9.98. The molecule has 1 aliphatic heterocycles. The van der Waals surface area contributed by atoms with Crippen molar-refractivity contribution in [2.75, 3.05) is 23.0 Å². The van der Waals surface area contributed by atoms with E-state index in [4.69, 9.17) is 0 Å². The summed E-state index contributed by atoms with van der Waals surface area (Å²) in [5.74, 6) is 1.15. The lowest BCUT2D eigenvalue weighted by molar-refractivity contribution is -0.274. The minimum atomic E-state index is -4.75. The number of ether oxygens (including phenoxy) is 1. The molecule has 2 aliphatic rings. The van der Waals surface area contributed by atoms with E-state index in [0.29, 0.717) is 23.0 Å². The van der Waals surface area contributed by atoms with Gasteiger partial charge in [0.15, 0.2) is 11.3 Å². The molecule has 3 aromatic carbocycles. The molecular formula is C33H33F3N6O3S. The van der Waals surface area contributed by atoms with Gasteiger partial charge in [-0.05, 0) is 84.3 Å². The molecule has 46 heavy (non-hydrogen) atoms. The van der Waals surface area contributed by atoms with Crippen molar-refractivity contribution >= 4 is 35.1 Å². The van der Waals surface area contributed by atoms with Crippen LogP contribution in [0.15, 0.2) is 73.1 Å². The number of carbonyl (C=O) groups is 2. The van der Waals surface area contributed by atoms with E-state index < -0.39 is 11.9 Å². The molecule has 3 atom stereocenters. The zero-order valence-electron chi connectivity index (χ0n) is 25.7. The van der Waals surface area contributed by atoms with Crippen molar-refractivity contribution in [3.05, 3.63) is 95.6 Å². The van der Waals surface area contributed by atoms with Crippen LogP contribution in [0.3, 0.4) is 0 Å². The Hall–Kier alpha value is -4.52. The first-order valence-electron chi connectivity index (χ1n) is 14.8. The molecule has 4 aromatic rings. The van der Waals surface area contributed by atoms with E-state index in [1.54, 1.807) is 23.2 Å². The summed E-state index contributed by atoms with van der Waals surface area (Å²) in [7, 11) is 1.70. The van der Waals surface area contributed by atoms with Crippen molar-refractivity contribution < 1.29 is 27.5 Å². The molecule has 9 nitrogen and oxygen atoms in total. The first-order valence-corrected chi connectivity index (χ1v) is 15.9. The van der Waals surface area contributed by atoms with Crippen molar-refractivity contribution in [2.45, 2.75) is 56.8 Å². The predicted molar refractivity (Wildman–Crippen MR) is 170 cm³/mol. The predicted octanol–water partition coefficient (Wildman–Crippen LogP) is 7.40. The number of amides is 3. The summed E-state index contributed by atoms with van der Waals surface area (Å²) < 4.78 is 42.8. The van der Waals surface area contributed by atoms with E-state index >= 15 is 0 Å². The molecule has 1 saturated heterocycles. The van der Waals surface area contributed by atoms with Crippen LogP contribution in [0, 0.1) is 6.92 Å². The molecule has 2 heterocycles. The second-order valence-electron chi connectivity index (χ2n) is 11.8. The summed E-state index contributed by atoms with van der Waals surface area (Å²) >= 11 is 1.42. The van der Waals surface area contributed by atoms with Crippen LogP contribution in [-0.4, -0.2) is 56.3 Å². The Morgan fingerprint density at radius 1 is 1.07 bits per heavy atom. The maximum Gasteiger partial charge on any atom is 0.573 e. The average molecular weight is 651 g/mol. The van der Waals surface area contributed by atoms with Gasteiger partial charge in [0.05, 0.1) is 17.1 Å². The molecule has 1 saturated carbocycles. The topological polar surface area (TPSA) is 92.6 Å². The Kier molecular flexibility index (Phi) is 8.45. The zero-order chi connectivity index (χ0) is 32.7. The number of aromatic nitrogens is 3. The Bertz CT molecular complexity index is 1740. The van der Waals surface area contributed by atoms with Gasteiger partial charge >= 0.3 is 12.4 Å². The molecule has 2 fully saturated rings. The quantitative estimate of drug-likeness (QED) is 0.214. The molecular weight excluding hydrogens is 617 g/mol. The van der Waals surface area contributed by atoms with Crippen LogP contribution in [0.2, 0.25) is 0 Å². The molecule has 1 aromatic heterocycles. The van der Waals surface area contributed by atoms with E-state index in [9.17, 15) is 22.8 Å². The molecule has 0 spiro atoms. The van der Waals surface area contributed by atoms with Gasteiger partial charge in [0.2, 0.25) is 5.91 Å². The minimum Gasteiger partial charge on any atom is -0.406 e. The van der Waals surface area contributed by atoms with Gasteiger partial charge < -0.3 is 10.1 Å². The van der Waals surface area contributed by atoms with E-state index in [0.717, 1.165) is 28.8 Å². The fourth-order valence-corrected chi connectivity index (χ4v) is 6.78. The minimum absolute atomic E-state index is 0.0294. The Morgan fingerprint density at radius 3 is 2.46 bits per heavy atom. The van der Waals surface area contributed by atoms with Crippen LogP contribution in [-0.2, 0) is 4.79 Å². The highest BCUT2D eigenvalue weighted by Gasteiger charge is 2.42. The summed E-state index contributed by atoms with van der Waals surface area (Å²) in [6.45, 7) is 6.17. The molecule has 0 radical (unpaired) electrons. The van der Waals surface area contributed by atoms with Gasteiger partial charge in [-0.15, -0.1) is 24.9 Å². The number of hydrogen-bond donors (Lipinski definition) is 1. The van der Waals surface area contributed by atoms with E-state index in [1.807, 2.05) is 43.3 Å². The zero-order valence-corrected chi connectivity index (χ0v) is 26.5. The average Bonchev–Trinajstić information content (AvgIpc) is 3.47. The number of nitrogens with zero attached hydrogens (tertiary/aromatic N) is 5. The second kappa shape index (κ2) is 12.3. The van der Waals surface area contributed by atoms with Gasteiger partial charge in [0, 0.05) is 18.7 Å². The number of benzene rings is 3. The lowest BCUT2D eigenvalue weighted by Crippen LogP contribution is -2.47. The maximum absolute atomic E-state index is 13.3. The van der Waals surface area contributed by atoms with Crippen molar-refractivity contribution in [3.8, 4) is 11.4 Å². The first-order chi connectivity index (χ1) is 21.9. The maximum atomic E-state index is 13.3. The summed E-state index contributed by atoms with van der Waals surface area (Å²) in [6.07, 6.45) is -2.35. The number of nitrogens with one attached hydrogen (secondary N) is 1. The van der Waals surface area contributed by atoms with Crippen LogP contribution in [0.25, 0.3) is 5.69 Å². The number of carbonyl (C=O) groups excluding carboxylic acids is 2. The molecule has 1 aliphatic carbocycles. The van der Waals surface area contributed by atoms with Gasteiger partial charge in [-0.2, -0.15) is 5.10 Å². The monoisotopic (exact) mass is 650 g/mol. The van der Waals surface area contributed by atoms with Gasteiger partial charge in [-0.25, -0.2) is 14.5 Å². The fraction of sp³-hybridized carbons (Fsp3) is 0.333. The fourth-order valence-electron chi connectivity index (χ4n) is 5.65. The molecule has 0 bridgehead atoms. The molecule has 3 unspecified atom stereocenters. The molecule has 240 valence electrons. The van der Waals surface area contributed by atoms with E-state index in [-0.39, 0.29) is 35.4 Å². The van der Waals surface area contributed by atoms with Gasteiger partial charge in [-0.1, -0.05) is 38.1 Å². The Labute approximate surface area is 268 Å². The van der Waals surface area contributed by atoms with E-state index in [1.165, 1.54) is 40.7 Å². The van der Waals surface area contributed by atoms with Crippen molar-refractivity contribution in [2.24, 2.45) is 0 Å². The van der Waals surface area contributed by atoms with Gasteiger partial charge in [-0.3, -0.25) is 14.6 Å². The highest BCUT2D eigenvalue weighted by atomic mass is 32.2. The van der Waals surface area contributed by atoms with Crippen molar-refractivity contribution in [3.63, 3.8) is 0 Å². The molecule has 13 heteroatoms. The molecule has 1 N–H and O–H groups in total. The van der Waals surface area contributed by atoms with Gasteiger partial charge in [0.25, 0.3) is 0 Å². The summed E-state index contributed by atoms with van der Waals surface area (Å²) in [5, 5.41) is 7.50. The van der Waals surface area contributed by atoms with E-state index in [2.05, 4.69) is 40.1 Å². The standard InChI is InChI=1S/C33H33F3N6O3S/c1-19(2)25-14-5-20(3)15-28(25)42-29(43)17-46-32(42)40(4)31(44)38-22-8-6-21(7-9-22)26-16-27(26)30-37-18-41(39-30)23-10-12-24(13-11-23)45-33(34,35)36/h5-15,18-19,26-27,32H,16-17H2,1-4H3,(H,38,44). The molecule has 6 rings (SSSR count). The van der Waals surface area contributed by atoms with Crippen LogP contribution in [0.4, 0.5) is 29.3 Å². The first kappa shape index (κ1) is 31.5. The third kappa shape index (κ3) is 6.69. The van der Waals surface area contributed by atoms with Crippen LogP contribution < -0.4 is 15.0 Å². The number of anilines is 2. The summed E-state index contributed by atoms with van der Waals surface area (Å²) in [5.41, 5.74) is 4.76. The third-order valence-electron chi connectivity index (χ3n) is 8.12. The normalized spacial score (nSPS) is 19.4. The third-order valence-corrected chi connectivity index (χ3v) is 9.36. The Morgan fingerprint density at radius 2 is 1.78 bits per heavy atom. The number of rotatable bonds is 8. The summed E-state index contributed by atoms with van der Waals surface area (Å²) in [4.78, 5) is 34.1. The molecule has 3 amide bonds. The smallest absolute Gasteiger partial charge is 0.406 e. The van der Waals surface area contributed by atoms with Crippen LogP contribution in [0.1, 0.15) is 60.5 Å². The lowest BCUT2D eigenvalue weighted by Gasteiger charge is -2.33. The number of aryl methyl sites for hydroxylation is 1. The van der Waals surface area contributed by atoms with Crippen LogP contribution in [0.5, 0.6) is 5.75 Å². The number of urea groups is 1. The number of halogens is 3. The number of thioether (sulfide) groups is 1. The number of hydrogen-bond acceptors (Lipinski definition) is 6. The SMILES string of the molecule is Cc1ccc(C(C)C)c(N2C(=O)CSC2N(C)C(=O)Nc2ccc(C3CC3c3ncn(-c4ccc(OC(F)(F)F)cc4)n3)cc2)c1.